The first-order chi connectivity index (χ1) is 24.7. The van der Waals surface area contributed by atoms with Crippen LogP contribution in [0.25, 0.3) is 22.1 Å². The molecule has 6 rings (SSSR count). The molecule has 52 heavy (non-hydrogen) atoms. The molecule has 6 aromatic rings. The second-order valence-electron chi connectivity index (χ2n) is 12.1. The summed E-state index contributed by atoms with van der Waals surface area (Å²) >= 11 is 0. The number of aromatic nitrogens is 8. The summed E-state index contributed by atoms with van der Waals surface area (Å²) < 4.78 is 18.9. The van der Waals surface area contributed by atoms with Gasteiger partial charge in [-0.1, -0.05) is 0 Å². The van der Waals surface area contributed by atoms with E-state index in [-0.39, 0.29) is 34.5 Å². The Labute approximate surface area is 296 Å². The first-order valence-corrected chi connectivity index (χ1v) is 16.3. The number of amides is 4. The van der Waals surface area contributed by atoms with Crippen molar-refractivity contribution in [3.8, 4) is 11.5 Å². The fourth-order valence-electron chi connectivity index (χ4n) is 5.96. The molecule has 18 heteroatoms. The van der Waals surface area contributed by atoms with Crippen LogP contribution < -0.4 is 31.6 Å². The third-order valence-electron chi connectivity index (χ3n) is 8.34. The van der Waals surface area contributed by atoms with Crippen molar-refractivity contribution in [2.45, 2.75) is 54.0 Å². The number of hydrogen-bond donors (Lipinski definition) is 4. The molecule has 4 amide bonds. The molecule has 18 nitrogen and oxygen atoms in total. The van der Waals surface area contributed by atoms with E-state index in [2.05, 4.69) is 30.8 Å². The number of hydrogen-bond acceptors (Lipinski definition) is 10. The molecule has 0 saturated carbocycles. The predicted molar refractivity (Wildman–Crippen MR) is 190 cm³/mol. The zero-order valence-corrected chi connectivity index (χ0v) is 29.6. The molecule has 0 radical (unpaired) electrons. The standard InChI is InChI=1S/C34H38N12O6/c1-8-45-23(10-16(3)41-45)31(49)39-33-37-21-12-19(29(35)47)14-25(27(21)43(33)6)51-18(5)52-26-15-20(30(36)48)13-22-28(26)44(7)34(38-22)40-32(50)24-11-17(4)42-46(24)9-2/h10-15,18H,8-9H2,1-7H3,(H2,35,47)(H2,36,48)(H,37,39,49)(H,38,40,50). The van der Waals surface area contributed by atoms with Gasteiger partial charge >= 0.3 is 0 Å². The van der Waals surface area contributed by atoms with E-state index in [1.165, 1.54) is 24.3 Å². The van der Waals surface area contributed by atoms with Crippen LogP contribution in [0.1, 0.15) is 73.9 Å². The van der Waals surface area contributed by atoms with Crippen molar-refractivity contribution in [1.29, 1.82) is 0 Å². The van der Waals surface area contributed by atoms with E-state index in [0.717, 1.165) is 0 Å². The summed E-state index contributed by atoms with van der Waals surface area (Å²) in [4.78, 5) is 60.2. The number of nitrogens with zero attached hydrogens (tertiary/aromatic N) is 8. The molecule has 4 aromatic heterocycles. The first-order valence-electron chi connectivity index (χ1n) is 16.3. The van der Waals surface area contributed by atoms with Crippen molar-refractivity contribution < 1.29 is 28.7 Å². The van der Waals surface area contributed by atoms with Crippen LogP contribution in [0.15, 0.2) is 36.4 Å². The quantitative estimate of drug-likeness (QED) is 0.136. The van der Waals surface area contributed by atoms with Crippen molar-refractivity contribution in [2.24, 2.45) is 25.6 Å². The van der Waals surface area contributed by atoms with Gasteiger partial charge in [0.1, 0.15) is 22.4 Å². The molecule has 2 aromatic carbocycles. The minimum atomic E-state index is -1.05. The molecule has 6 N–H and O–H groups in total. The van der Waals surface area contributed by atoms with Gasteiger partial charge in [-0.3, -0.25) is 39.2 Å². The number of ether oxygens (including phenoxy) is 2. The number of rotatable bonds is 12. The largest absolute Gasteiger partial charge is 0.453 e. The van der Waals surface area contributed by atoms with Gasteiger partial charge < -0.3 is 30.1 Å². The maximum absolute atomic E-state index is 13.2. The summed E-state index contributed by atoms with van der Waals surface area (Å²) in [7, 11) is 3.35. The van der Waals surface area contributed by atoms with Gasteiger partial charge in [-0.2, -0.15) is 10.2 Å². The highest BCUT2D eigenvalue weighted by Gasteiger charge is 2.24. The average Bonchev–Trinajstić information content (AvgIpc) is 3.83. The average molecular weight is 711 g/mol. The Morgan fingerprint density at radius 1 is 0.692 bits per heavy atom. The Bertz CT molecular complexity index is 2250. The fourth-order valence-corrected chi connectivity index (χ4v) is 5.96. The molecule has 0 saturated heterocycles. The van der Waals surface area contributed by atoms with Gasteiger partial charge in [0, 0.05) is 45.2 Å². The Hall–Kier alpha value is -6.72. The second-order valence-corrected chi connectivity index (χ2v) is 12.1. The molecule has 0 aliphatic carbocycles. The highest BCUT2D eigenvalue weighted by Crippen LogP contribution is 2.34. The Balaban J connectivity index is 1.33. The van der Waals surface area contributed by atoms with Gasteiger partial charge in [0.2, 0.25) is 30.0 Å². The molecule has 4 heterocycles. The summed E-state index contributed by atoms with van der Waals surface area (Å²) in [6, 6.07) is 9.23. The number of nitrogens with two attached hydrogens (primary N) is 2. The van der Waals surface area contributed by atoms with Crippen molar-refractivity contribution >= 4 is 57.6 Å². The lowest BCUT2D eigenvalue weighted by Crippen LogP contribution is -2.22. The lowest BCUT2D eigenvalue weighted by Gasteiger charge is -2.19. The summed E-state index contributed by atoms with van der Waals surface area (Å²) in [5.41, 5.74) is 15.1. The van der Waals surface area contributed by atoms with Crippen molar-refractivity contribution in [3.63, 3.8) is 0 Å². The number of primary amides is 2. The van der Waals surface area contributed by atoms with Gasteiger partial charge in [0.25, 0.3) is 11.8 Å². The van der Waals surface area contributed by atoms with Gasteiger partial charge in [0.05, 0.1) is 22.4 Å². The maximum Gasteiger partial charge on any atom is 0.276 e. The number of fused-ring (bicyclic) bond motifs is 2. The van der Waals surface area contributed by atoms with Crippen LogP contribution in [0.5, 0.6) is 11.5 Å². The van der Waals surface area contributed by atoms with Crippen LogP contribution in [0.2, 0.25) is 0 Å². The van der Waals surface area contributed by atoms with Crippen molar-refractivity contribution in [3.05, 3.63) is 70.3 Å². The number of carbonyl (C=O) groups is 4. The van der Waals surface area contributed by atoms with E-state index in [4.69, 9.17) is 20.9 Å². The molecule has 0 spiro atoms. The molecule has 0 unspecified atom stereocenters. The van der Waals surface area contributed by atoms with Gasteiger partial charge in [-0.05, 0) is 64.1 Å². The predicted octanol–water partition coefficient (Wildman–Crippen LogP) is 3.02. The summed E-state index contributed by atoms with van der Waals surface area (Å²) in [6.07, 6.45) is -1.05. The SMILES string of the molecule is CCn1nc(C)cc1C(=O)Nc1nc2cc(C(N)=O)cc(OC(C)Oc3cc(C(N)=O)cc4nc(NC(=O)c5cc(C)nn5CC)n(C)c34)c2n1C. The van der Waals surface area contributed by atoms with E-state index in [1.807, 2.05) is 13.8 Å². The number of nitrogens with one attached hydrogen (secondary N) is 2. The van der Waals surface area contributed by atoms with E-state index in [0.29, 0.717) is 57.9 Å². The minimum Gasteiger partial charge on any atom is -0.453 e. The van der Waals surface area contributed by atoms with Crippen LogP contribution in [0.3, 0.4) is 0 Å². The minimum absolute atomic E-state index is 0.107. The number of anilines is 2. The van der Waals surface area contributed by atoms with E-state index in [1.54, 1.807) is 65.5 Å². The lowest BCUT2D eigenvalue weighted by molar-refractivity contribution is 0.0241. The second kappa shape index (κ2) is 13.5. The Morgan fingerprint density at radius 3 is 1.42 bits per heavy atom. The van der Waals surface area contributed by atoms with E-state index in [9.17, 15) is 19.2 Å². The lowest BCUT2D eigenvalue weighted by atomic mass is 10.1. The Morgan fingerprint density at radius 2 is 1.08 bits per heavy atom. The molecule has 0 fully saturated rings. The monoisotopic (exact) mass is 710 g/mol. The molecular formula is C34H38N12O6. The van der Waals surface area contributed by atoms with Crippen LogP contribution in [-0.2, 0) is 27.2 Å². The number of benzene rings is 2. The number of imidazole rings is 2. The smallest absolute Gasteiger partial charge is 0.276 e. The third kappa shape index (κ3) is 6.48. The number of carbonyl (C=O) groups excluding carboxylic acids is 4. The topological polar surface area (TPSA) is 234 Å². The molecule has 0 aliphatic heterocycles. The highest BCUT2D eigenvalue weighted by molar-refractivity contribution is 6.05. The molecular weight excluding hydrogens is 672 g/mol. The van der Waals surface area contributed by atoms with Gasteiger partial charge in [-0.15, -0.1) is 0 Å². The highest BCUT2D eigenvalue weighted by atomic mass is 16.7. The normalized spacial score (nSPS) is 11.4. The van der Waals surface area contributed by atoms with Crippen LogP contribution in [0.4, 0.5) is 11.9 Å². The fraction of sp³-hybridized carbons (Fsp3) is 0.294. The summed E-state index contributed by atoms with van der Waals surface area (Å²) in [6.45, 7) is 9.93. The summed E-state index contributed by atoms with van der Waals surface area (Å²) in [5, 5.41) is 14.3. The summed E-state index contributed by atoms with van der Waals surface area (Å²) in [5.74, 6) is -1.60. The molecule has 0 bridgehead atoms. The van der Waals surface area contributed by atoms with Crippen molar-refractivity contribution in [1.82, 2.24) is 38.7 Å². The van der Waals surface area contributed by atoms with Crippen LogP contribution in [-0.4, -0.2) is 68.6 Å². The molecule has 0 aliphatic rings. The third-order valence-corrected chi connectivity index (χ3v) is 8.34. The van der Waals surface area contributed by atoms with Crippen molar-refractivity contribution in [2.75, 3.05) is 10.6 Å². The van der Waals surface area contributed by atoms with E-state index < -0.39 is 29.9 Å². The zero-order chi connectivity index (χ0) is 37.6. The zero-order valence-electron chi connectivity index (χ0n) is 29.6. The van der Waals surface area contributed by atoms with E-state index >= 15 is 0 Å². The maximum atomic E-state index is 13.2. The van der Waals surface area contributed by atoms with Crippen LogP contribution in [0, 0.1) is 13.8 Å². The van der Waals surface area contributed by atoms with Gasteiger partial charge in [0.15, 0.2) is 11.5 Å². The molecule has 0 atom stereocenters. The van der Waals surface area contributed by atoms with Gasteiger partial charge in [-0.25, -0.2) is 9.97 Å². The Kier molecular flexibility index (Phi) is 9.14. The first kappa shape index (κ1) is 35.1. The van der Waals surface area contributed by atoms with Crippen LogP contribution >= 0.6 is 0 Å². The molecule has 270 valence electrons. The number of aryl methyl sites for hydroxylation is 6.